The fourth-order valence-corrected chi connectivity index (χ4v) is 2.02. The summed E-state index contributed by atoms with van der Waals surface area (Å²) in [6.07, 6.45) is 0.783. The Balaban J connectivity index is 2.47. The van der Waals surface area contributed by atoms with Gasteiger partial charge in [0.05, 0.1) is 0 Å². The molecule has 0 unspecified atom stereocenters. The number of rotatable bonds is 8. The molecule has 0 fully saturated rings. The number of carbonyl (C=O) groups excluding carboxylic acids is 1. The van der Waals surface area contributed by atoms with Crippen LogP contribution in [0.15, 0.2) is 22.7 Å². The molecule has 0 radical (unpaired) electrons. The third kappa shape index (κ3) is 5.90. The van der Waals surface area contributed by atoms with E-state index >= 15 is 0 Å². The lowest BCUT2D eigenvalue weighted by molar-refractivity contribution is -0.123. The zero-order chi connectivity index (χ0) is 15.0. The molecule has 20 heavy (non-hydrogen) atoms. The van der Waals surface area contributed by atoms with Crippen molar-refractivity contribution >= 4 is 21.8 Å². The minimum absolute atomic E-state index is 0.0195. The summed E-state index contributed by atoms with van der Waals surface area (Å²) < 4.78 is 11.4. The van der Waals surface area contributed by atoms with Crippen LogP contribution in [0.4, 0.5) is 0 Å². The molecule has 3 N–H and O–H groups in total. The minimum Gasteiger partial charge on any atom is -0.483 e. The van der Waals surface area contributed by atoms with Crippen molar-refractivity contribution in [2.24, 2.45) is 5.73 Å². The van der Waals surface area contributed by atoms with Gasteiger partial charge in [-0.2, -0.15) is 0 Å². The Hall–Kier alpha value is -1.11. The average molecular weight is 345 g/mol. The molecular weight excluding hydrogens is 324 g/mol. The SMILES string of the molecule is COCCCNC(=O)COc1ccc(Br)cc1[C@@H](C)N. The summed E-state index contributed by atoms with van der Waals surface area (Å²) in [7, 11) is 1.63. The number of benzene rings is 1. The predicted molar refractivity (Wildman–Crippen MR) is 81.7 cm³/mol. The highest BCUT2D eigenvalue weighted by atomic mass is 79.9. The van der Waals surface area contributed by atoms with Crippen LogP contribution >= 0.6 is 15.9 Å². The van der Waals surface area contributed by atoms with Crippen LogP contribution in [-0.2, 0) is 9.53 Å². The van der Waals surface area contributed by atoms with E-state index in [0.29, 0.717) is 18.9 Å². The normalized spacial score (nSPS) is 12.0. The van der Waals surface area contributed by atoms with Gasteiger partial charge in [-0.3, -0.25) is 4.79 Å². The summed E-state index contributed by atoms with van der Waals surface area (Å²) in [4.78, 5) is 11.6. The third-order valence-corrected chi connectivity index (χ3v) is 3.16. The Kier molecular flexibility index (Phi) is 7.58. The molecule has 0 aliphatic rings. The monoisotopic (exact) mass is 344 g/mol. The lowest BCUT2D eigenvalue weighted by atomic mass is 10.1. The van der Waals surface area contributed by atoms with Crippen molar-refractivity contribution in [3.05, 3.63) is 28.2 Å². The first-order valence-electron chi connectivity index (χ1n) is 6.48. The van der Waals surface area contributed by atoms with E-state index in [1.807, 2.05) is 19.1 Å². The largest absolute Gasteiger partial charge is 0.483 e. The predicted octanol–water partition coefficient (Wildman–Crippen LogP) is 2.00. The van der Waals surface area contributed by atoms with Crippen molar-refractivity contribution in [2.75, 3.05) is 26.9 Å². The fourth-order valence-electron chi connectivity index (χ4n) is 1.65. The van der Waals surface area contributed by atoms with Crippen LogP contribution < -0.4 is 15.8 Å². The van der Waals surface area contributed by atoms with Gasteiger partial charge in [0.25, 0.3) is 5.91 Å². The number of hydrogen-bond acceptors (Lipinski definition) is 4. The maximum Gasteiger partial charge on any atom is 0.257 e. The van der Waals surface area contributed by atoms with Gasteiger partial charge in [0.1, 0.15) is 5.75 Å². The van der Waals surface area contributed by atoms with E-state index in [0.717, 1.165) is 16.5 Å². The Bertz CT molecular complexity index is 438. The second-order valence-corrected chi connectivity index (χ2v) is 5.37. The molecule has 5 nitrogen and oxygen atoms in total. The van der Waals surface area contributed by atoms with Crippen molar-refractivity contribution in [1.82, 2.24) is 5.32 Å². The number of halogens is 1. The first kappa shape index (κ1) is 16.9. The molecule has 1 rings (SSSR count). The highest BCUT2D eigenvalue weighted by molar-refractivity contribution is 9.10. The lowest BCUT2D eigenvalue weighted by Gasteiger charge is -2.14. The van der Waals surface area contributed by atoms with E-state index in [1.165, 1.54) is 0 Å². The van der Waals surface area contributed by atoms with Crippen molar-refractivity contribution < 1.29 is 14.3 Å². The second kappa shape index (κ2) is 8.94. The number of carbonyl (C=O) groups is 1. The average Bonchev–Trinajstić information content (AvgIpc) is 2.42. The van der Waals surface area contributed by atoms with Crippen LogP contribution in [0.2, 0.25) is 0 Å². The smallest absolute Gasteiger partial charge is 0.257 e. The summed E-state index contributed by atoms with van der Waals surface area (Å²) in [6, 6.07) is 5.40. The van der Waals surface area contributed by atoms with Crippen LogP contribution in [0.5, 0.6) is 5.75 Å². The maximum atomic E-state index is 11.6. The molecule has 0 spiro atoms. The number of amides is 1. The van der Waals surface area contributed by atoms with E-state index in [9.17, 15) is 4.79 Å². The molecule has 0 saturated carbocycles. The molecule has 1 aromatic carbocycles. The Morgan fingerprint density at radius 3 is 2.90 bits per heavy atom. The zero-order valence-corrected chi connectivity index (χ0v) is 13.4. The molecule has 0 aliphatic carbocycles. The van der Waals surface area contributed by atoms with Crippen LogP contribution in [-0.4, -0.2) is 32.8 Å². The highest BCUT2D eigenvalue weighted by Crippen LogP contribution is 2.27. The van der Waals surface area contributed by atoms with Gasteiger partial charge < -0.3 is 20.5 Å². The first-order valence-corrected chi connectivity index (χ1v) is 7.27. The Morgan fingerprint density at radius 2 is 2.25 bits per heavy atom. The third-order valence-electron chi connectivity index (χ3n) is 2.67. The lowest BCUT2D eigenvalue weighted by Crippen LogP contribution is -2.30. The van der Waals surface area contributed by atoms with E-state index in [1.54, 1.807) is 13.2 Å². The molecule has 0 heterocycles. The van der Waals surface area contributed by atoms with Gasteiger partial charge in [-0.1, -0.05) is 15.9 Å². The van der Waals surface area contributed by atoms with E-state index < -0.39 is 0 Å². The van der Waals surface area contributed by atoms with Gasteiger partial charge in [0.15, 0.2) is 6.61 Å². The van der Waals surface area contributed by atoms with Gasteiger partial charge in [-0.05, 0) is 31.5 Å². The second-order valence-electron chi connectivity index (χ2n) is 4.46. The van der Waals surface area contributed by atoms with Crippen LogP contribution in [0.3, 0.4) is 0 Å². The van der Waals surface area contributed by atoms with Crippen molar-refractivity contribution in [2.45, 2.75) is 19.4 Å². The van der Waals surface area contributed by atoms with Crippen molar-refractivity contribution in [1.29, 1.82) is 0 Å². The number of nitrogens with two attached hydrogens (primary N) is 1. The fraction of sp³-hybridized carbons (Fsp3) is 0.500. The molecule has 1 amide bonds. The van der Waals surface area contributed by atoms with Gasteiger partial charge in [0, 0.05) is 36.3 Å². The van der Waals surface area contributed by atoms with Crippen molar-refractivity contribution in [3.63, 3.8) is 0 Å². The number of nitrogens with one attached hydrogen (secondary N) is 1. The van der Waals surface area contributed by atoms with E-state index in [-0.39, 0.29) is 18.6 Å². The van der Waals surface area contributed by atoms with E-state index in [2.05, 4.69) is 21.2 Å². The summed E-state index contributed by atoms with van der Waals surface area (Å²) in [6.45, 7) is 3.06. The van der Waals surface area contributed by atoms with Crippen molar-refractivity contribution in [3.8, 4) is 5.75 Å². The molecule has 0 saturated heterocycles. The Morgan fingerprint density at radius 1 is 1.50 bits per heavy atom. The van der Waals surface area contributed by atoms with Crippen LogP contribution in [0.25, 0.3) is 0 Å². The topological polar surface area (TPSA) is 73.6 Å². The van der Waals surface area contributed by atoms with Gasteiger partial charge >= 0.3 is 0 Å². The standard InChI is InChI=1S/C14H21BrN2O3/c1-10(16)12-8-11(15)4-5-13(12)20-9-14(18)17-6-3-7-19-2/h4-5,8,10H,3,6-7,9,16H2,1-2H3,(H,17,18)/t10-/m1/s1. The number of hydrogen-bond donors (Lipinski definition) is 2. The summed E-state index contributed by atoms with van der Waals surface area (Å²) in [5.41, 5.74) is 6.76. The summed E-state index contributed by atoms with van der Waals surface area (Å²) in [5, 5.41) is 2.76. The van der Waals surface area contributed by atoms with Crippen LogP contribution in [0, 0.1) is 0 Å². The number of methoxy groups -OCH3 is 1. The first-order chi connectivity index (χ1) is 9.54. The molecular formula is C14H21BrN2O3. The van der Waals surface area contributed by atoms with Crippen LogP contribution in [0.1, 0.15) is 24.9 Å². The molecule has 0 bridgehead atoms. The maximum absolute atomic E-state index is 11.6. The number of ether oxygens (including phenoxy) is 2. The molecule has 0 aliphatic heterocycles. The Labute approximate surface area is 127 Å². The van der Waals surface area contributed by atoms with E-state index in [4.69, 9.17) is 15.2 Å². The molecule has 0 aromatic heterocycles. The molecule has 112 valence electrons. The molecule has 1 aromatic rings. The quantitative estimate of drug-likeness (QED) is 0.707. The van der Waals surface area contributed by atoms with Gasteiger partial charge in [-0.25, -0.2) is 0 Å². The zero-order valence-electron chi connectivity index (χ0n) is 11.8. The summed E-state index contributed by atoms with van der Waals surface area (Å²) in [5.74, 6) is 0.481. The van der Waals surface area contributed by atoms with Gasteiger partial charge in [-0.15, -0.1) is 0 Å². The highest BCUT2D eigenvalue weighted by Gasteiger charge is 2.10. The molecule has 6 heteroatoms. The molecule has 1 atom stereocenters. The van der Waals surface area contributed by atoms with Gasteiger partial charge in [0.2, 0.25) is 0 Å². The summed E-state index contributed by atoms with van der Waals surface area (Å²) >= 11 is 3.39. The minimum atomic E-state index is -0.160.